The van der Waals surface area contributed by atoms with Gasteiger partial charge in [0.15, 0.2) is 5.11 Å². The number of pyridine rings is 1. The summed E-state index contributed by atoms with van der Waals surface area (Å²) >= 11 is 5.75. The van der Waals surface area contributed by atoms with E-state index in [1.165, 1.54) is 14.2 Å². The van der Waals surface area contributed by atoms with Gasteiger partial charge in [-0.3, -0.25) is 9.78 Å². The van der Waals surface area contributed by atoms with Crippen molar-refractivity contribution in [1.29, 1.82) is 0 Å². The molecule has 8 nitrogen and oxygen atoms in total. The SMILES string of the molecule is COC(=O)CCCN1C(=S)N[C@H](c2ccccn2)[C@@H]1c1cc(C)n(-c2ccc(C(=O)OC)cc2)c1C. The Kier molecular flexibility index (Phi) is 7.69. The first-order valence-electron chi connectivity index (χ1n) is 11.8. The maximum atomic E-state index is 11.9. The van der Waals surface area contributed by atoms with Crippen LogP contribution >= 0.6 is 12.2 Å². The fraction of sp³-hybridized carbons (Fsp3) is 0.333. The molecule has 36 heavy (non-hydrogen) atoms. The third kappa shape index (κ3) is 4.97. The van der Waals surface area contributed by atoms with Crippen molar-refractivity contribution in [2.24, 2.45) is 0 Å². The molecule has 1 saturated heterocycles. The smallest absolute Gasteiger partial charge is 0.337 e. The summed E-state index contributed by atoms with van der Waals surface area (Å²) in [6.45, 7) is 4.75. The van der Waals surface area contributed by atoms with Crippen LogP contribution in [-0.4, -0.2) is 52.3 Å². The number of ether oxygens (including phenoxy) is 2. The molecule has 0 aliphatic carbocycles. The van der Waals surface area contributed by atoms with Gasteiger partial charge in [0.1, 0.15) is 0 Å². The second-order valence-corrected chi connectivity index (χ2v) is 9.09. The molecule has 0 amide bonds. The van der Waals surface area contributed by atoms with Crippen molar-refractivity contribution < 1.29 is 19.1 Å². The van der Waals surface area contributed by atoms with E-state index in [1.54, 1.807) is 18.3 Å². The summed E-state index contributed by atoms with van der Waals surface area (Å²) in [7, 11) is 2.77. The number of aromatic nitrogens is 2. The van der Waals surface area contributed by atoms with Crippen LogP contribution in [0.1, 0.15) is 57.9 Å². The third-order valence-electron chi connectivity index (χ3n) is 6.54. The molecule has 4 rings (SSSR count). The second kappa shape index (κ2) is 10.9. The number of hydrogen-bond acceptors (Lipinski definition) is 6. The van der Waals surface area contributed by atoms with Gasteiger partial charge in [-0.25, -0.2) is 4.79 Å². The number of thiocarbonyl (C=S) groups is 1. The predicted molar refractivity (Wildman–Crippen MR) is 140 cm³/mol. The Hall–Kier alpha value is -3.72. The molecule has 1 N–H and O–H groups in total. The molecule has 2 aromatic heterocycles. The van der Waals surface area contributed by atoms with E-state index in [-0.39, 0.29) is 24.0 Å². The van der Waals surface area contributed by atoms with Crippen molar-refractivity contribution in [3.05, 3.63) is 82.9 Å². The maximum Gasteiger partial charge on any atom is 0.337 e. The lowest BCUT2D eigenvalue weighted by Gasteiger charge is -2.28. The first-order chi connectivity index (χ1) is 17.3. The van der Waals surface area contributed by atoms with Crippen LogP contribution in [0.25, 0.3) is 5.69 Å². The van der Waals surface area contributed by atoms with Crippen molar-refractivity contribution in [1.82, 2.24) is 19.8 Å². The van der Waals surface area contributed by atoms with Crippen LogP contribution in [-0.2, 0) is 14.3 Å². The summed E-state index contributed by atoms with van der Waals surface area (Å²) in [4.78, 5) is 30.3. The minimum Gasteiger partial charge on any atom is -0.469 e. The van der Waals surface area contributed by atoms with E-state index in [0.29, 0.717) is 30.1 Å². The monoisotopic (exact) mass is 506 g/mol. The number of aryl methyl sites for hydroxylation is 1. The standard InChI is InChI=1S/C27H30N4O4S/c1-17-16-21(18(2)31(17)20-12-10-19(11-13-20)26(33)35-4)25-24(22-8-5-6-14-28-22)29-27(36)30(25)15-7-9-23(32)34-3/h5-6,8,10-14,16,24-25H,7,9,15H2,1-4H3,(H,29,36)/t24-,25+/m1/s1. The Morgan fingerprint density at radius 2 is 1.83 bits per heavy atom. The molecule has 3 aromatic rings. The Labute approximate surface area is 216 Å². The zero-order valence-corrected chi connectivity index (χ0v) is 21.7. The molecule has 1 aliphatic rings. The van der Waals surface area contributed by atoms with Gasteiger partial charge in [-0.2, -0.15) is 0 Å². The molecular weight excluding hydrogens is 476 g/mol. The normalized spacial score (nSPS) is 17.1. The molecule has 0 saturated carbocycles. The van der Waals surface area contributed by atoms with E-state index in [1.807, 2.05) is 30.3 Å². The lowest BCUT2D eigenvalue weighted by Crippen LogP contribution is -2.31. The zero-order valence-electron chi connectivity index (χ0n) is 20.9. The van der Waals surface area contributed by atoms with E-state index in [4.69, 9.17) is 21.7 Å². The number of benzene rings is 1. The predicted octanol–water partition coefficient (Wildman–Crippen LogP) is 4.20. The number of hydrogen-bond donors (Lipinski definition) is 1. The Morgan fingerprint density at radius 3 is 2.47 bits per heavy atom. The van der Waals surface area contributed by atoms with Gasteiger partial charge in [-0.1, -0.05) is 6.07 Å². The number of nitrogens with one attached hydrogen (secondary N) is 1. The molecule has 0 spiro atoms. The third-order valence-corrected chi connectivity index (χ3v) is 6.89. The average Bonchev–Trinajstić information content (AvgIpc) is 3.38. The molecule has 188 valence electrons. The highest BCUT2D eigenvalue weighted by molar-refractivity contribution is 7.80. The van der Waals surface area contributed by atoms with Crippen molar-refractivity contribution in [2.75, 3.05) is 20.8 Å². The van der Waals surface area contributed by atoms with Crippen LogP contribution in [0.2, 0.25) is 0 Å². The van der Waals surface area contributed by atoms with Crippen molar-refractivity contribution in [2.45, 2.75) is 38.8 Å². The summed E-state index contributed by atoms with van der Waals surface area (Å²) < 4.78 is 11.8. The Bertz CT molecular complexity index is 1260. The van der Waals surface area contributed by atoms with Crippen LogP contribution in [0, 0.1) is 13.8 Å². The van der Waals surface area contributed by atoms with Crippen LogP contribution in [0.4, 0.5) is 0 Å². The summed E-state index contributed by atoms with van der Waals surface area (Å²) in [5.74, 6) is -0.603. The Balaban J connectivity index is 1.72. The van der Waals surface area contributed by atoms with E-state index < -0.39 is 0 Å². The number of nitrogens with zero attached hydrogens (tertiary/aromatic N) is 3. The second-order valence-electron chi connectivity index (χ2n) is 8.70. The molecule has 9 heteroatoms. The fourth-order valence-electron chi connectivity index (χ4n) is 4.83. The molecule has 0 unspecified atom stereocenters. The molecule has 2 atom stereocenters. The molecule has 1 aromatic carbocycles. The molecular formula is C27H30N4O4S. The van der Waals surface area contributed by atoms with E-state index in [9.17, 15) is 9.59 Å². The Morgan fingerprint density at radius 1 is 1.08 bits per heavy atom. The molecule has 1 aliphatic heterocycles. The van der Waals surface area contributed by atoms with Crippen LogP contribution < -0.4 is 5.32 Å². The summed E-state index contributed by atoms with van der Waals surface area (Å²) in [6, 6.07) is 15.1. The highest BCUT2D eigenvalue weighted by Gasteiger charge is 2.41. The quantitative estimate of drug-likeness (QED) is 0.359. The molecule has 0 bridgehead atoms. The van der Waals surface area contributed by atoms with Crippen LogP contribution in [0.5, 0.6) is 0 Å². The van der Waals surface area contributed by atoms with Gasteiger partial charge >= 0.3 is 11.9 Å². The largest absolute Gasteiger partial charge is 0.469 e. The van der Waals surface area contributed by atoms with E-state index >= 15 is 0 Å². The molecule has 3 heterocycles. The van der Waals surface area contributed by atoms with Crippen molar-refractivity contribution in [3.63, 3.8) is 0 Å². The van der Waals surface area contributed by atoms with Crippen molar-refractivity contribution >= 4 is 29.3 Å². The van der Waals surface area contributed by atoms with Gasteiger partial charge in [0.25, 0.3) is 0 Å². The van der Waals surface area contributed by atoms with Gasteiger partial charge < -0.3 is 24.3 Å². The highest BCUT2D eigenvalue weighted by Crippen LogP contribution is 2.41. The molecule has 1 fully saturated rings. The van der Waals surface area contributed by atoms with Gasteiger partial charge in [0, 0.05) is 36.2 Å². The first-order valence-corrected chi connectivity index (χ1v) is 12.2. The van der Waals surface area contributed by atoms with Gasteiger partial charge in [0.2, 0.25) is 0 Å². The van der Waals surface area contributed by atoms with E-state index in [2.05, 4.69) is 39.7 Å². The lowest BCUT2D eigenvalue weighted by atomic mass is 9.96. The van der Waals surface area contributed by atoms with Crippen molar-refractivity contribution in [3.8, 4) is 5.69 Å². The van der Waals surface area contributed by atoms with E-state index in [0.717, 1.165) is 28.3 Å². The first kappa shape index (κ1) is 25.4. The fourth-order valence-corrected chi connectivity index (χ4v) is 5.16. The van der Waals surface area contributed by atoms with Crippen LogP contribution in [0.15, 0.2) is 54.7 Å². The lowest BCUT2D eigenvalue weighted by molar-refractivity contribution is -0.140. The molecule has 0 radical (unpaired) electrons. The highest BCUT2D eigenvalue weighted by atomic mass is 32.1. The van der Waals surface area contributed by atoms with Gasteiger partial charge in [-0.05, 0) is 80.5 Å². The summed E-state index contributed by atoms with van der Waals surface area (Å²) in [5, 5.41) is 4.09. The van der Waals surface area contributed by atoms with Gasteiger partial charge in [0.05, 0.1) is 37.6 Å². The summed E-state index contributed by atoms with van der Waals surface area (Å²) in [5.41, 5.74) is 5.58. The topological polar surface area (TPSA) is 85.7 Å². The average molecular weight is 507 g/mol. The number of esters is 2. The number of carbonyl (C=O) groups is 2. The van der Waals surface area contributed by atoms with Crippen LogP contribution in [0.3, 0.4) is 0 Å². The minimum atomic E-state index is -0.366. The summed E-state index contributed by atoms with van der Waals surface area (Å²) in [6.07, 6.45) is 2.72. The minimum absolute atomic E-state index is 0.112. The number of methoxy groups -OCH3 is 2. The maximum absolute atomic E-state index is 11.9. The zero-order chi connectivity index (χ0) is 25.8. The number of carbonyl (C=O) groups excluding carboxylic acids is 2. The number of rotatable bonds is 8. The van der Waals surface area contributed by atoms with Gasteiger partial charge in [-0.15, -0.1) is 0 Å².